The second-order valence-electron chi connectivity index (χ2n) is 9.62. The summed E-state index contributed by atoms with van der Waals surface area (Å²) < 4.78 is 67.5. The number of anilines is 4. The molecule has 0 saturated carbocycles. The molecule has 0 heterocycles. The molecule has 5 rings (SSSR count). The summed E-state index contributed by atoms with van der Waals surface area (Å²) in [6.07, 6.45) is 0. The molecule has 16 heteroatoms. The minimum Gasteiger partial charge on any atom is -0.507 e. The molecule has 0 atom stereocenters. The molecule has 4 aromatic rings. The number of phenols is 2. The van der Waals surface area contributed by atoms with Crippen LogP contribution in [0.3, 0.4) is 0 Å². The Kier molecular flexibility index (Phi) is 9.87. The van der Waals surface area contributed by atoms with Crippen LogP contribution in [0, 0.1) is 13.8 Å². The Morgan fingerprint density at radius 1 is 0.523 bits per heavy atom. The van der Waals surface area contributed by atoms with Crippen LogP contribution in [0.15, 0.2) is 70.5 Å². The molecule has 1 aliphatic carbocycles. The number of phenolic OH excluding ortho intramolecular Hbond substituents is 2. The van der Waals surface area contributed by atoms with Gasteiger partial charge in [0.2, 0.25) is 11.6 Å². The SMILES string of the molecule is Cc1ccc(Nc2ccc(O)c3c2C(=O)c2c(O)ccc(Nc4ccc(C)cc4S(=O)(=O)O)c2C3=O)c(S(=O)(=O)O)c1.[Li].[Li]. The van der Waals surface area contributed by atoms with E-state index in [1.165, 1.54) is 36.4 Å². The predicted molar refractivity (Wildman–Crippen MR) is 163 cm³/mol. The van der Waals surface area contributed by atoms with Crippen LogP contribution in [-0.4, -0.2) is 85.4 Å². The molecule has 1 aliphatic rings. The minimum absolute atomic E-state index is 0. The van der Waals surface area contributed by atoms with Crippen LogP contribution in [0.5, 0.6) is 11.5 Å². The zero-order chi connectivity index (χ0) is 30.7. The van der Waals surface area contributed by atoms with Gasteiger partial charge in [0.25, 0.3) is 20.2 Å². The molecule has 12 nitrogen and oxygen atoms in total. The topological polar surface area (TPSA) is 207 Å². The smallest absolute Gasteiger partial charge is 0.296 e. The number of fused-ring (bicyclic) bond motifs is 2. The Labute approximate surface area is 276 Å². The second-order valence-corrected chi connectivity index (χ2v) is 12.4. The van der Waals surface area contributed by atoms with Gasteiger partial charge in [0.1, 0.15) is 21.3 Å². The summed E-state index contributed by atoms with van der Waals surface area (Å²) in [4.78, 5) is 26.7. The van der Waals surface area contributed by atoms with Crippen molar-refractivity contribution in [3.05, 3.63) is 94.0 Å². The van der Waals surface area contributed by atoms with Gasteiger partial charge in [-0.25, -0.2) is 0 Å². The molecule has 4 aromatic carbocycles. The fourth-order valence-electron chi connectivity index (χ4n) is 4.76. The summed E-state index contributed by atoms with van der Waals surface area (Å²) in [6, 6.07) is 12.8. The van der Waals surface area contributed by atoms with Crippen molar-refractivity contribution in [1.82, 2.24) is 0 Å². The van der Waals surface area contributed by atoms with Crippen LogP contribution in [0.1, 0.15) is 43.0 Å². The van der Waals surface area contributed by atoms with E-state index in [-0.39, 0.29) is 71.6 Å². The summed E-state index contributed by atoms with van der Waals surface area (Å²) in [6.45, 7) is 3.20. The first-order valence-corrected chi connectivity index (χ1v) is 15.0. The first kappa shape index (κ1) is 34.9. The number of carbonyl (C=O) groups is 2. The van der Waals surface area contributed by atoms with Gasteiger partial charge in [-0.2, -0.15) is 16.8 Å². The zero-order valence-corrected chi connectivity index (χ0v) is 25.5. The quantitative estimate of drug-likeness (QED) is 0.0908. The maximum atomic E-state index is 13.9. The van der Waals surface area contributed by atoms with Gasteiger partial charge in [-0.15, -0.1) is 0 Å². The number of rotatable bonds is 6. The van der Waals surface area contributed by atoms with Gasteiger partial charge in [0.05, 0.1) is 45.0 Å². The van der Waals surface area contributed by atoms with E-state index in [0.717, 1.165) is 12.1 Å². The van der Waals surface area contributed by atoms with Crippen molar-refractivity contribution in [2.75, 3.05) is 10.6 Å². The van der Waals surface area contributed by atoms with Gasteiger partial charge < -0.3 is 20.8 Å². The van der Waals surface area contributed by atoms with Crippen LogP contribution in [0.2, 0.25) is 0 Å². The van der Waals surface area contributed by atoms with E-state index in [2.05, 4.69) is 10.6 Å². The summed E-state index contributed by atoms with van der Waals surface area (Å²) in [5, 5.41) is 26.8. The Balaban J connectivity index is 0.00000264. The molecular formula is C28H22Li2N2O10S2. The van der Waals surface area contributed by atoms with Gasteiger partial charge in [-0.3, -0.25) is 18.7 Å². The number of aromatic hydroxyl groups is 2. The number of nitrogens with one attached hydrogen (secondary N) is 2. The number of hydrogen-bond acceptors (Lipinski definition) is 10. The first-order valence-electron chi connectivity index (χ1n) is 12.1. The van der Waals surface area contributed by atoms with Gasteiger partial charge in [-0.1, -0.05) is 12.1 Å². The molecule has 0 spiro atoms. The zero-order valence-electron chi connectivity index (χ0n) is 23.8. The maximum Gasteiger partial charge on any atom is 0.296 e. The predicted octanol–water partition coefficient (Wildman–Crippen LogP) is 3.71. The van der Waals surface area contributed by atoms with E-state index >= 15 is 0 Å². The van der Waals surface area contributed by atoms with Gasteiger partial charge >= 0.3 is 0 Å². The van der Waals surface area contributed by atoms with Gasteiger partial charge in [-0.05, 0) is 73.5 Å². The Hall–Kier alpha value is -3.57. The van der Waals surface area contributed by atoms with Crippen LogP contribution in [-0.2, 0) is 20.2 Å². The Morgan fingerprint density at radius 3 is 1.16 bits per heavy atom. The third-order valence-corrected chi connectivity index (χ3v) is 8.43. The van der Waals surface area contributed by atoms with Crippen LogP contribution in [0.4, 0.5) is 22.7 Å². The van der Waals surface area contributed by atoms with E-state index in [1.54, 1.807) is 26.0 Å². The summed E-state index contributed by atoms with van der Waals surface area (Å²) in [7, 11) is -9.42. The largest absolute Gasteiger partial charge is 0.507 e. The monoisotopic (exact) mass is 624 g/mol. The van der Waals surface area contributed by atoms with E-state index in [9.17, 15) is 45.7 Å². The summed E-state index contributed by atoms with van der Waals surface area (Å²) in [5.41, 5.74) is -1.13. The number of aryl methyl sites for hydroxylation is 2. The van der Waals surface area contributed by atoms with Crippen molar-refractivity contribution in [2.24, 2.45) is 0 Å². The molecule has 6 N–H and O–H groups in total. The van der Waals surface area contributed by atoms with Crippen molar-refractivity contribution in [3.8, 4) is 11.5 Å². The van der Waals surface area contributed by atoms with Crippen molar-refractivity contribution in [3.63, 3.8) is 0 Å². The molecule has 0 aromatic heterocycles. The Morgan fingerprint density at radius 2 is 0.841 bits per heavy atom. The molecule has 218 valence electrons. The number of hydrogen-bond donors (Lipinski definition) is 6. The summed E-state index contributed by atoms with van der Waals surface area (Å²) >= 11 is 0. The molecule has 0 aliphatic heterocycles. The van der Waals surface area contributed by atoms with Crippen LogP contribution in [0.25, 0.3) is 0 Å². The normalized spacial score (nSPS) is 12.4. The molecule has 2 radical (unpaired) electrons. The fourth-order valence-corrected chi connectivity index (χ4v) is 6.22. The maximum absolute atomic E-state index is 13.9. The standard InChI is InChI=1S/C28H22N2O10S2.2Li/c1-13-3-5-15(21(11-13)41(35,36)37)29-17-7-9-19(31)25-23(17)27(33)26-20(32)10-8-18(24(26)28(25)34)30-16-6-4-14(2)12-22(16)42(38,39)40;;/h3-12,29-32H,1-2H3,(H,35,36,37)(H,38,39,40);;. The molecule has 0 fully saturated rings. The van der Waals surface area contributed by atoms with Gasteiger partial charge in [0, 0.05) is 37.7 Å². The molecule has 0 saturated heterocycles. The third kappa shape index (κ3) is 6.30. The van der Waals surface area contributed by atoms with Crippen molar-refractivity contribution < 1.29 is 45.7 Å². The van der Waals surface area contributed by atoms with E-state index in [0.29, 0.717) is 11.1 Å². The number of ketones is 2. The first-order chi connectivity index (χ1) is 19.6. The number of benzene rings is 4. The average Bonchev–Trinajstić information content (AvgIpc) is 2.89. The van der Waals surface area contributed by atoms with Crippen molar-refractivity contribution in [1.29, 1.82) is 0 Å². The van der Waals surface area contributed by atoms with Crippen LogP contribution >= 0.6 is 0 Å². The summed E-state index contributed by atoms with van der Waals surface area (Å²) in [5.74, 6) is -3.03. The van der Waals surface area contributed by atoms with Crippen LogP contribution < -0.4 is 10.6 Å². The minimum atomic E-state index is -4.71. The van der Waals surface area contributed by atoms with Crippen molar-refractivity contribution >= 4 is 92.3 Å². The van der Waals surface area contributed by atoms with E-state index < -0.39 is 64.2 Å². The number of carbonyl (C=O) groups excluding carboxylic acids is 2. The van der Waals surface area contributed by atoms with Gasteiger partial charge in [0.15, 0.2) is 0 Å². The molecule has 44 heavy (non-hydrogen) atoms. The molecular weight excluding hydrogens is 602 g/mol. The molecule has 0 unspecified atom stereocenters. The molecule has 0 amide bonds. The Bertz CT molecular complexity index is 1930. The fraction of sp³-hybridized carbons (Fsp3) is 0.0714. The molecule has 0 bridgehead atoms. The van der Waals surface area contributed by atoms with Crippen molar-refractivity contribution in [2.45, 2.75) is 23.6 Å². The second kappa shape index (κ2) is 12.4. The van der Waals surface area contributed by atoms with E-state index in [1.807, 2.05) is 0 Å². The average molecular weight is 625 g/mol. The third-order valence-electron chi connectivity index (χ3n) is 6.64. The van der Waals surface area contributed by atoms with E-state index in [4.69, 9.17) is 0 Å².